The summed E-state index contributed by atoms with van der Waals surface area (Å²) in [6.07, 6.45) is 1.59. The Labute approximate surface area is 197 Å². The van der Waals surface area contributed by atoms with E-state index in [1.54, 1.807) is 24.4 Å². The summed E-state index contributed by atoms with van der Waals surface area (Å²) >= 11 is 0. The van der Waals surface area contributed by atoms with Gasteiger partial charge in [0.05, 0.1) is 37.2 Å². The van der Waals surface area contributed by atoms with Gasteiger partial charge in [-0.05, 0) is 55.0 Å². The highest BCUT2D eigenvalue weighted by Gasteiger charge is 2.17. The van der Waals surface area contributed by atoms with Crippen LogP contribution in [0.3, 0.4) is 0 Å². The van der Waals surface area contributed by atoms with Crippen LogP contribution in [0, 0.1) is 13.8 Å². The van der Waals surface area contributed by atoms with Gasteiger partial charge in [-0.1, -0.05) is 36.4 Å². The molecule has 1 amide bonds. The Hall–Kier alpha value is -4.39. The van der Waals surface area contributed by atoms with E-state index in [1.165, 1.54) is 14.2 Å². The number of methoxy groups -OCH3 is 2. The summed E-state index contributed by atoms with van der Waals surface area (Å²) in [7, 11) is 2.89. The van der Waals surface area contributed by atoms with Gasteiger partial charge in [0, 0.05) is 17.0 Å². The Bertz CT molecular complexity index is 1420. The summed E-state index contributed by atoms with van der Waals surface area (Å²) in [5, 5.41) is 6.09. The van der Waals surface area contributed by atoms with E-state index in [0.717, 1.165) is 27.7 Å². The van der Waals surface area contributed by atoms with E-state index in [1.807, 2.05) is 66.9 Å². The zero-order valence-electron chi connectivity index (χ0n) is 19.5. The van der Waals surface area contributed by atoms with E-state index in [0.29, 0.717) is 22.6 Å². The van der Waals surface area contributed by atoms with Crippen LogP contribution >= 0.6 is 0 Å². The molecule has 0 atom stereocenters. The summed E-state index contributed by atoms with van der Waals surface area (Å²) < 4.78 is 12.3. The topological polar surface area (TPSA) is 81.9 Å². The molecule has 1 aromatic heterocycles. The number of nitrogens with one attached hydrogen (secondary N) is 1. The molecule has 0 aliphatic carbocycles. The van der Waals surface area contributed by atoms with Crippen molar-refractivity contribution >= 4 is 28.9 Å². The summed E-state index contributed by atoms with van der Waals surface area (Å²) in [6.45, 7) is 3.87. The molecule has 0 radical (unpaired) electrons. The molecule has 0 unspecified atom stereocenters. The van der Waals surface area contributed by atoms with Gasteiger partial charge in [-0.25, -0.2) is 10.2 Å². The lowest BCUT2D eigenvalue weighted by molar-refractivity contribution is 0.0600. The third-order valence-corrected chi connectivity index (χ3v) is 5.70. The van der Waals surface area contributed by atoms with Crippen molar-refractivity contribution in [2.24, 2.45) is 5.10 Å². The maximum Gasteiger partial charge on any atom is 0.339 e. The molecular weight excluding hydrogens is 430 g/mol. The van der Waals surface area contributed by atoms with E-state index in [2.05, 4.69) is 10.5 Å². The molecule has 3 aromatic carbocycles. The average molecular weight is 456 g/mol. The van der Waals surface area contributed by atoms with Crippen molar-refractivity contribution in [3.8, 4) is 11.4 Å². The number of ether oxygens (including phenoxy) is 2. The fraction of sp³-hybridized carbons (Fsp3) is 0.148. The molecule has 7 nitrogen and oxygen atoms in total. The van der Waals surface area contributed by atoms with Gasteiger partial charge < -0.3 is 14.0 Å². The van der Waals surface area contributed by atoms with E-state index < -0.39 is 5.97 Å². The number of aryl methyl sites for hydroxylation is 1. The molecule has 0 aliphatic rings. The molecule has 1 N–H and O–H groups in total. The van der Waals surface area contributed by atoms with E-state index >= 15 is 0 Å². The minimum absolute atomic E-state index is 0.372. The smallest absolute Gasteiger partial charge is 0.339 e. The molecule has 0 fully saturated rings. The van der Waals surface area contributed by atoms with Crippen molar-refractivity contribution in [1.82, 2.24) is 9.99 Å². The number of rotatable bonds is 6. The van der Waals surface area contributed by atoms with Gasteiger partial charge in [0.25, 0.3) is 5.91 Å². The predicted molar refractivity (Wildman–Crippen MR) is 132 cm³/mol. The van der Waals surface area contributed by atoms with Crippen LogP contribution < -0.4 is 10.2 Å². The number of fused-ring (bicyclic) bond motifs is 1. The number of amides is 1. The van der Waals surface area contributed by atoms with E-state index in [-0.39, 0.29) is 5.91 Å². The largest absolute Gasteiger partial charge is 0.496 e. The first kappa shape index (κ1) is 22.8. The van der Waals surface area contributed by atoms with Crippen LogP contribution in [0.5, 0.6) is 5.75 Å². The minimum atomic E-state index is -0.407. The Kier molecular flexibility index (Phi) is 6.45. The maximum absolute atomic E-state index is 12.8. The number of hydrogen-bond acceptors (Lipinski definition) is 5. The number of aromatic nitrogens is 1. The lowest BCUT2D eigenvalue weighted by Crippen LogP contribution is -2.18. The molecule has 1 heterocycles. The molecule has 0 saturated heterocycles. The lowest BCUT2D eigenvalue weighted by atomic mass is 10.1. The highest BCUT2D eigenvalue weighted by Crippen LogP contribution is 2.26. The van der Waals surface area contributed by atoms with E-state index in [9.17, 15) is 9.59 Å². The molecular formula is C27H25N3O4. The van der Waals surface area contributed by atoms with Crippen LogP contribution in [0.2, 0.25) is 0 Å². The zero-order valence-corrected chi connectivity index (χ0v) is 19.5. The first-order valence-corrected chi connectivity index (χ1v) is 10.7. The van der Waals surface area contributed by atoms with Crippen LogP contribution in [-0.4, -0.2) is 36.9 Å². The van der Waals surface area contributed by atoms with Crippen molar-refractivity contribution in [1.29, 1.82) is 0 Å². The van der Waals surface area contributed by atoms with Crippen LogP contribution in [0.4, 0.5) is 0 Å². The number of hydrazone groups is 1. The third-order valence-electron chi connectivity index (χ3n) is 5.70. The molecule has 7 heteroatoms. The van der Waals surface area contributed by atoms with Gasteiger partial charge in [0.15, 0.2) is 0 Å². The molecule has 0 bridgehead atoms. The van der Waals surface area contributed by atoms with Crippen molar-refractivity contribution in [2.75, 3.05) is 14.2 Å². The Morgan fingerprint density at radius 2 is 1.59 bits per heavy atom. The molecule has 0 spiro atoms. The molecule has 0 aliphatic heterocycles. The second-order valence-corrected chi connectivity index (χ2v) is 7.77. The second kappa shape index (κ2) is 9.62. The molecule has 4 rings (SSSR count). The van der Waals surface area contributed by atoms with Crippen LogP contribution in [0.25, 0.3) is 16.5 Å². The summed E-state index contributed by atoms with van der Waals surface area (Å²) in [5.41, 5.74) is 6.76. The average Bonchev–Trinajstić information content (AvgIpc) is 3.14. The van der Waals surface area contributed by atoms with Crippen molar-refractivity contribution in [3.63, 3.8) is 0 Å². The van der Waals surface area contributed by atoms with Crippen LogP contribution in [0.15, 0.2) is 71.8 Å². The number of carbonyl (C=O) groups excluding carboxylic acids is 2. The number of nitrogens with zero attached hydrogens (tertiary/aromatic N) is 2. The van der Waals surface area contributed by atoms with Crippen molar-refractivity contribution in [3.05, 3.63) is 94.8 Å². The van der Waals surface area contributed by atoms with E-state index in [4.69, 9.17) is 9.47 Å². The molecule has 172 valence electrons. The first-order chi connectivity index (χ1) is 16.4. The third kappa shape index (κ3) is 4.28. The van der Waals surface area contributed by atoms with Gasteiger partial charge in [-0.3, -0.25) is 4.79 Å². The fourth-order valence-electron chi connectivity index (χ4n) is 4.03. The zero-order chi connectivity index (χ0) is 24.2. The SMILES string of the molecule is COC(=O)c1ccccc1-n1c(C)cc(C=NNC(=O)c2cc3ccccc3cc2OC)c1C. The maximum atomic E-state index is 12.8. The van der Waals surface area contributed by atoms with Crippen LogP contribution in [0.1, 0.15) is 37.7 Å². The highest BCUT2D eigenvalue weighted by molar-refractivity contribution is 6.02. The number of para-hydroxylation sites is 1. The summed E-state index contributed by atoms with van der Waals surface area (Å²) in [6, 6.07) is 20.6. The number of hydrogen-bond donors (Lipinski definition) is 1. The second-order valence-electron chi connectivity index (χ2n) is 7.77. The molecule has 4 aromatic rings. The first-order valence-electron chi connectivity index (χ1n) is 10.7. The van der Waals surface area contributed by atoms with Gasteiger partial charge >= 0.3 is 5.97 Å². The molecule has 0 saturated carbocycles. The fourth-order valence-corrected chi connectivity index (χ4v) is 4.03. The predicted octanol–water partition coefficient (Wildman–Crippen LogP) is 4.81. The van der Waals surface area contributed by atoms with Crippen LogP contribution in [-0.2, 0) is 4.74 Å². The van der Waals surface area contributed by atoms with Gasteiger partial charge in [0.1, 0.15) is 5.75 Å². The summed E-state index contributed by atoms with van der Waals surface area (Å²) in [4.78, 5) is 25.1. The number of carbonyl (C=O) groups is 2. The van der Waals surface area contributed by atoms with Gasteiger partial charge in [-0.2, -0.15) is 5.10 Å². The number of esters is 1. The number of benzene rings is 3. The lowest BCUT2D eigenvalue weighted by Gasteiger charge is -2.13. The normalized spacial score (nSPS) is 11.1. The summed E-state index contributed by atoms with van der Waals surface area (Å²) in [5.74, 6) is -0.303. The minimum Gasteiger partial charge on any atom is -0.496 e. The standard InChI is InChI=1S/C27H25N3O4/c1-17-13-21(18(2)30(17)24-12-8-7-11-22(24)27(32)34-4)16-28-29-26(31)23-14-19-9-5-6-10-20(19)15-25(23)33-3/h5-16H,1-4H3,(H,29,31). The van der Waals surface area contributed by atoms with Crippen molar-refractivity contribution < 1.29 is 19.1 Å². The Morgan fingerprint density at radius 3 is 2.29 bits per heavy atom. The quantitative estimate of drug-likeness (QED) is 0.257. The highest BCUT2D eigenvalue weighted by atomic mass is 16.5. The van der Waals surface area contributed by atoms with Crippen molar-refractivity contribution in [2.45, 2.75) is 13.8 Å². The monoisotopic (exact) mass is 455 g/mol. The Morgan fingerprint density at radius 1 is 0.912 bits per heavy atom. The van der Waals surface area contributed by atoms with Gasteiger partial charge in [-0.15, -0.1) is 0 Å². The Balaban J connectivity index is 1.60. The van der Waals surface area contributed by atoms with Gasteiger partial charge in [0.2, 0.25) is 0 Å². The molecule has 34 heavy (non-hydrogen) atoms.